The number of fused-ring (bicyclic) bond motifs is 7. The first-order valence-electron chi connectivity index (χ1n) is 13.6. The van der Waals surface area contributed by atoms with Crippen LogP contribution in [0.25, 0.3) is 59.8 Å². The first-order valence-corrected chi connectivity index (χ1v) is 13.6. The van der Waals surface area contributed by atoms with Crippen LogP contribution in [-0.2, 0) is 18.9 Å². The van der Waals surface area contributed by atoms with Gasteiger partial charge in [-0.2, -0.15) is 0 Å². The van der Waals surface area contributed by atoms with Crippen LogP contribution in [0, 0.1) is 12.8 Å². The molecule has 184 valence electrons. The molecule has 0 amide bonds. The Morgan fingerprint density at radius 3 is 2.27 bits per heavy atom. The highest BCUT2D eigenvalue weighted by atomic mass is 15.0. The SMILES string of the molecule is Cc1c2ccccc2c(CC(C)C)c2c1c1c3c(ccc4c5c(C(C)(C)C)cccc5n2c43)cc[n+]1C. The smallest absolute Gasteiger partial charge is 0.224 e. The Morgan fingerprint density at radius 2 is 1.54 bits per heavy atom. The van der Waals surface area contributed by atoms with Crippen LogP contribution in [0.3, 0.4) is 0 Å². The van der Waals surface area contributed by atoms with Gasteiger partial charge in [-0.3, -0.25) is 0 Å². The monoisotopic (exact) mass is 483 g/mol. The summed E-state index contributed by atoms with van der Waals surface area (Å²) >= 11 is 0. The lowest BCUT2D eigenvalue weighted by atomic mass is 9.84. The third-order valence-corrected chi connectivity index (χ3v) is 8.49. The Balaban J connectivity index is 1.94. The molecule has 0 aliphatic heterocycles. The molecule has 37 heavy (non-hydrogen) atoms. The minimum absolute atomic E-state index is 0.0503. The largest absolute Gasteiger partial charge is 0.307 e. The molecule has 2 heteroatoms. The lowest BCUT2D eigenvalue weighted by molar-refractivity contribution is -0.643. The van der Waals surface area contributed by atoms with Crippen molar-refractivity contribution < 1.29 is 4.57 Å². The summed E-state index contributed by atoms with van der Waals surface area (Å²) < 4.78 is 5.00. The molecule has 0 atom stereocenters. The maximum absolute atomic E-state index is 2.64. The van der Waals surface area contributed by atoms with Crippen molar-refractivity contribution >= 4 is 59.8 Å². The second-order valence-corrected chi connectivity index (χ2v) is 12.5. The minimum atomic E-state index is 0.0503. The van der Waals surface area contributed by atoms with Crippen molar-refractivity contribution in [3.05, 3.63) is 83.6 Å². The van der Waals surface area contributed by atoms with Gasteiger partial charge in [-0.15, -0.1) is 0 Å². The van der Waals surface area contributed by atoms with E-state index in [4.69, 9.17) is 0 Å². The number of rotatable bonds is 2. The van der Waals surface area contributed by atoms with Crippen LogP contribution in [0.1, 0.15) is 51.3 Å². The lowest BCUT2D eigenvalue weighted by Crippen LogP contribution is -2.29. The molecule has 0 fully saturated rings. The normalized spacial score (nSPS) is 13.1. The summed E-state index contributed by atoms with van der Waals surface area (Å²) in [5, 5.41) is 9.61. The van der Waals surface area contributed by atoms with E-state index in [1.807, 2.05) is 0 Å². The Bertz CT molecular complexity index is 2030. The van der Waals surface area contributed by atoms with Crippen LogP contribution >= 0.6 is 0 Å². The minimum Gasteiger partial charge on any atom is -0.307 e. The molecule has 0 N–H and O–H groups in total. The van der Waals surface area contributed by atoms with Crippen molar-refractivity contribution in [3.63, 3.8) is 0 Å². The maximum Gasteiger partial charge on any atom is 0.224 e. The Labute approximate surface area is 218 Å². The summed E-state index contributed by atoms with van der Waals surface area (Å²) in [6.07, 6.45) is 3.29. The zero-order valence-electron chi connectivity index (χ0n) is 23.0. The third-order valence-electron chi connectivity index (χ3n) is 8.49. The van der Waals surface area contributed by atoms with E-state index < -0.39 is 0 Å². The Morgan fingerprint density at radius 1 is 0.784 bits per heavy atom. The molecule has 2 nitrogen and oxygen atoms in total. The van der Waals surface area contributed by atoms with Crippen LogP contribution in [0.15, 0.2) is 66.9 Å². The summed E-state index contributed by atoms with van der Waals surface area (Å²) in [6, 6.07) is 23.0. The topological polar surface area (TPSA) is 8.29 Å². The highest BCUT2D eigenvalue weighted by Gasteiger charge is 2.29. The molecule has 0 aliphatic rings. The zero-order chi connectivity index (χ0) is 25.8. The summed E-state index contributed by atoms with van der Waals surface area (Å²) in [5.41, 5.74) is 9.73. The third kappa shape index (κ3) is 2.90. The first kappa shape index (κ1) is 22.5. The molecule has 7 aromatic rings. The first-order chi connectivity index (χ1) is 17.7. The summed E-state index contributed by atoms with van der Waals surface area (Å²) in [4.78, 5) is 0. The number of aromatic nitrogens is 2. The van der Waals surface area contributed by atoms with E-state index in [0.717, 1.165) is 6.42 Å². The summed E-state index contributed by atoms with van der Waals surface area (Å²) in [7, 11) is 2.22. The summed E-state index contributed by atoms with van der Waals surface area (Å²) in [6.45, 7) is 14.0. The van der Waals surface area contributed by atoms with E-state index in [1.165, 1.54) is 76.5 Å². The fourth-order valence-corrected chi connectivity index (χ4v) is 6.98. The van der Waals surface area contributed by atoms with Crippen LogP contribution in [-0.4, -0.2) is 4.40 Å². The molecular formula is C35H35N2+. The molecule has 3 aromatic heterocycles. The average molecular weight is 484 g/mol. The highest BCUT2D eigenvalue weighted by molar-refractivity contribution is 6.29. The van der Waals surface area contributed by atoms with Crippen LogP contribution in [0.4, 0.5) is 0 Å². The number of hydrogen-bond acceptors (Lipinski definition) is 0. The van der Waals surface area contributed by atoms with Crippen molar-refractivity contribution in [2.24, 2.45) is 13.0 Å². The average Bonchev–Trinajstić information content (AvgIpc) is 3.20. The van der Waals surface area contributed by atoms with Gasteiger partial charge in [-0.1, -0.05) is 83.1 Å². The van der Waals surface area contributed by atoms with Gasteiger partial charge in [0.15, 0.2) is 6.20 Å². The molecule has 3 heterocycles. The number of aryl methyl sites for hydroxylation is 2. The Hall–Kier alpha value is -3.65. The van der Waals surface area contributed by atoms with E-state index in [1.54, 1.807) is 0 Å². The van der Waals surface area contributed by atoms with E-state index in [-0.39, 0.29) is 5.41 Å². The quantitative estimate of drug-likeness (QED) is 0.132. The standard InChI is InChI=1S/C35H35N2/c1-20(2)19-26-24-12-9-8-11-23(24)21(3)29-33(26)37-28-14-10-13-27(35(4,5)6)31(28)25-16-15-22-17-18-36(7)34(29)30(22)32(25)37/h8-18,20H,19H2,1-7H3/q+1. The second kappa shape index (κ2) is 7.44. The number of benzene rings is 4. The van der Waals surface area contributed by atoms with Crippen LogP contribution < -0.4 is 4.57 Å². The summed E-state index contributed by atoms with van der Waals surface area (Å²) in [5.74, 6) is 0.555. The van der Waals surface area contributed by atoms with Crippen molar-refractivity contribution in [1.82, 2.24) is 4.40 Å². The fourth-order valence-electron chi connectivity index (χ4n) is 6.98. The van der Waals surface area contributed by atoms with Gasteiger partial charge in [0.2, 0.25) is 5.52 Å². The second-order valence-electron chi connectivity index (χ2n) is 12.5. The van der Waals surface area contributed by atoms with E-state index >= 15 is 0 Å². The van der Waals surface area contributed by atoms with Gasteiger partial charge >= 0.3 is 0 Å². The number of nitrogens with zero attached hydrogens (tertiary/aromatic N) is 2. The van der Waals surface area contributed by atoms with Gasteiger partial charge in [0.05, 0.1) is 27.3 Å². The zero-order valence-corrected chi connectivity index (χ0v) is 23.0. The van der Waals surface area contributed by atoms with Gasteiger partial charge in [-0.25, -0.2) is 4.57 Å². The van der Waals surface area contributed by atoms with Gasteiger partial charge in [0, 0.05) is 16.8 Å². The molecule has 0 radical (unpaired) electrons. The molecule has 4 aromatic carbocycles. The van der Waals surface area contributed by atoms with E-state index in [2.05, 4.69) is 124 Å². The molecule has 0 saturated carbocycles. The van der Waals surface area contributed by atoms with Crippen LogP contribution in [0.2, 0.25) is 0 Å². The molecule has 7 rings (SSSR count). The predicted molar refractivity (Wildman–Crippen MR) is 159 cm³/mol. The molecule has 0 spiro atoms. The van der Waals surface area contributed by atoms with Crippen molar-refractivity contribution in [1.29, 1.82) is 0 Å². The van der Waals surface area contributed by atoms with Crippen molar-refractivity contribution in [2.75, 3.05) is 0 Å². The molecule has 0 saturated heterocycles. The number of hydrogen-bond donors (Lipinski definition) is 0. The van der Waals surface area contributed by atoms with Gasteiger partial charge in [0.25, 0.3) is 0 Å². The maximum atomic E-state index is 2.64. The van der Waals surface area contributed by atoms with E-state index in [9.17, 15) is 0 Å². The van der Waals surface area contributed by atoms with Gasteiger partial charge in [-0.05, 0) is 63.6 Å². The molecule has 0 bridgehead atoms. The van der Waals surface area contributed by atoms with Crippen molar-refractivity contribution in [3.8, 4) is 0 Å². The van der Waals surface area contributed by atoms with E-state index in [0.29, 0.717) is 5.92 Å². The van der Waals surface area contributed by atoms with Gasteiger partial charge < -0.3 is 4.40 Å². The van der Waals surface area contributed by atoms with Gasteiger partial charge in [0.1, 0.15) is 7.05 Å². The predicted octanol–water partition coefficient (Wildman–Crippen LogP) is 8.77. The lowest BCUT2D eigenvalue weighted by Gasteiger charge is -2.21. The fraction of sp³-hybridized carbons (Fsp3) is 0.286. The molecule has 0 aliphatic carbocycles. The Kier molecular flexibility index (Phi) is 4.54. The van der Waals surface area contributed by atoms with Crippen LogP contribution in [0.5, 0.6) is 0 Å². The highest BCUT2D eigenvalue weighted by Crippen LogP contribution is 2.46. The molecular weight excluding hydrogens is 448 g/mol. The molecule has 0 unspecified atom stereocenters. The van der Waals surface area contributed by atoms with Crippen molar-refractivity contribution in [2.45, 2.75) is 53.4 Å². The number of pyridine rings is 2.